The van der Waals surface area contributed by atoms with E-state index in [0.717, 1.165) is 35.1 Å². The molecule has 1 aliphatic rings. The van der Waals surface area contributed by atoms with Crippen molar-refractivity contribution in [3.63, 3.8) is 0 Å². The molecule has 4 nitrogen and oxygen atoms in total. The predicted molar refractivity (Wildman–Crippen MR) is 70.9 cm³/mol. The van der Waals surface area contributed by atoms with E-state index in [9.17, 15) is 0 Å². The predicted octanol–water partition coefficient (Wildman–Crippen LogP) is 2.85. The number of thiazole rings is 1. The van der Waals surface area contributed by atoms with Gasteiger partial charge in [0.25, 0.3) is 0 Å². The Bertz CT molecular complexity index is 529. The Morgan fingerprint density at radius 3 is 3.18 bits per heavy atom. The summed E-state index contributed by atoms with van der Waals surface area (Å²) in [7, 11) is 0. The minimum absolute atomic E-state index is 0.318. The van der Waals surface area contributed by atoms with Crippen LogP contribution in [0.4, 0.5) is 5.82 Å². The fourth-order valence-electron chi connectivity index (χ4n) is 1.66. The lowest BCUT2D eigenvalue weighted by atomic mass is 10.3. The molecule has 0 aromatic carbocycles. The molecule has 0 saturated carbocycles. The lowest BCUT2D eigenvalue weighted by Gasteiger charge is -2.08. The second kappa shape index (κ2) is 4.80. The number of hydrogen-bond donors (Lipinski definition) is 1. The molecule has 88 valence electrons. The summed E-state index contributed by atoms with van der Waals surface area (Å²) in [6, 6.07) is 0. The van der Waals surface area contributed by atoms with Crippen molar-refractivity contribution in [2.24, 2.45) is 0 Å². The van der Waals surface area contributed by atoms with E-state index in [1.54, 1.807) is 23.1 Å². The van der Waals surface area contributed by atoms with Gasteiger partial charge >= 0.3 is 0 Å². The van der Waals surface area contributed by atoms with E-state index in [2.05, 4.69) is 20.3 Å². The van der Waals surface area contributed by atoms with Crippen molar-refractivity contribution in [1.82, 2.24) is 15.0 Å². The molecule has 3 heterocycles. The molecule has 0 aliphatic carbocycles. The number of nitrogens with one attached hydrogen (secondary N) is 1. The van der Waals surface area contributed by atoms with Crippen LogP contribution in [0.5, 0.6) is 0 Å². The zero-order chi connectivity index (χ0) is 11.7. The molecular formula is C10H9ClN4S2. The van der Waals surface area contributed by atoms with Crippen LogP contribution in [0, 0.1) is 0 Å². The number of nitrogens with zero attached hydrogens (tertiary/aromatic N) is 3. The largest absolute Gasteiger partial charge is 0.364 e. The summed E-state index contributed by atoms with van der Waals surface area (Å²) >= 11 is 9.31. The number of rotatable bonds is 3. The van der Waals surface area contributed by atoms with E-state index in [4.69, 9.17) is 11.6 Å². The lowest BCUT2D eigenvalue weighted by molar-refractivity contribution is 0.964. The summed E-state index contributed by atoms with van der Waals surface area (Å²) in [5, 5.41) is 3.62. The Hall–Kier alpha value is -0.850. The van der Waals surface area contributed by atoms with E-state index in [1.165, 1.54) is 4.88 Å². The highest BCUT2D eigenvalue weighted by atomic mass is 35.5. The Morgan fingerprint density at radius 2 is 2.35 bits per heavy atom. The van der Waals surface area contributed by atoms with E-state index >= 15 is 0 Å². The average molecular weight is 285 g/mol. The van der Waals surface area contributed by atoms with Crippen LogP contribution in [0.15, 0.2) is 16.6 Å². The van der Waals surface area contributed by atoms with Crippen molar-refractivity contribution in [2.45, 2.75) is 17.9 Å². The third-order valence-corrected chi connectivity index (χ3v) is 4.48. The maximum atomic E-state index is 5.91. The first-order chi connectivity index (χ1) is 8.33. The van der Waals surface area contributed by atoms with Gasteiger partial charge in [-0.05, 0) is 11.6 Å². The van der Waals surface area contributed by atoms with Crippen LogP contribution in [-0.4, -0.2) is 20.7 Å². The molecule has 0 amide bonds. The smallest absolute Gasteiger partial charge is 0.224 e. The zero-order valence-corrected chi connectivity index (χ0v) is 11.2. The average Bonchev–Trinajstić information content (AvgIpc) is 2.95. The summed E-state index contributed by atoms with van der Waals surface area (Å²) in [6.45, 7) is 0.727. The Balaban J connectivity index is 1.83. The first-order valence-electron chi connectivity index (χ1n) is 5.13. The van der Waals surface area contributed by atoms with E-state index < -0.39 is 0 Å². The van der Waals surface area contributed by atoms with Crippen LogP contribution < -0.4 is 5.32 Å². The van der Waals surface area contributed by atoms with Crippen molar-refractivity contribution in [1.29, 1.82) is 0 Å². The van der Waals surface area contributed by atoms with Gasteiger partial charge in [-0.3, -0.25) is 4.98 Å². The third-order valence-electron chi connectivity index (χ3n) is 2.41. The van der Waals surface area contributed by atoms with Crippen molar-refractivity contribution < 1.29 is 0 Å². The number of anilines is 1. The fourth-order valence-corrected chi connectivity index (χ4v) is 3.45. The van der Waals surface area contributed by atoms with Crippen molar-refractivity contribution in [2.75, 3.05) is 11.1 Å². The molecule has 3 rings (SSSR count). The molecule has 1 aliphatic heterocycles. The van der Waals surface area contributed by atoms with Crippen LogP contribution in [0.3, 0.4) is 0 Å². The van der Waals surface area contributed by atoms with Crippen LogP contribution in [-0.2, 0) is 13.0 Å². The normalized spacial score (nSPS) is 13.7. The molecule has 7 heteroatoms. The minimum Gasteiger partial charge on any atom is -0.364 e. The number of hydrogen-bond acceptors (Lipinski definition) is 6. The molecule has 0 fully saturated rings. The first kappa shape index (κ1) is 11.3. The van der Waals surface area contributed by atoms with Gasteiger partial charge in [0.05, 0.1) is 22.6 Å². The van der Waals surface area contributed by atoms with E-state index in [1.807, 2.05) is 11.7 Å². The van der Waals surface area contributed by atoms with Gasteiger partial charge in [0.15, 0.2) is 0 Å². The van der Waals surface area contributed by atoms with Gasteiger partial charge in [0.2, 0.25) is 5.28 Å². The maximum Gasteiger partial charge on any atom is 0.224 e. The first-order valence-corrected chi connectivity index (χ1v) is 7.37. The molecule has 1 N–H and O–H groups in total. The van der Waals surface area contributed by atoms with E-state index in [-0.39, 0.29) is 0 Å². The van der Waals surface area contributed by atoms with Gasteiger partial charge in [-0.15, -0.1) is 23.1 Å². The molecule has 0 spiro atoms. The quantitative estimate of drug-likeness (QED) is 0.879. The Morgan fingerprint density at radius 1 is 1.41 bits per heavy atom. The molecule has 0 atom stereocenters. The van der Waals surface area contributed by atoms with Crippen molar-refractivity contribution >= 4 is 40.5 Å². The third kappa shape index (κ3) is 2.38. The van der Waals surface area contributed by atoms with Gasteiger partial charge < -0.3 is 5.32 Å². The number of aromatic nitrogens is 3. The minimum atomic E-state index is 0.318. The number of halogens is 1. The highest BCUT2D eigenvalue weighted by molar-refractivity contribution is 7.99. The maximum absolute atomic E-state index is 5.91. The number of thioether (sulfide) groups is 1. The van der Waals surface area contributed by atoms with Crippen molar-refractivity contribution in [3.05, 3.63) is 27.6 Å². The SMILES string of the molecule is Clc1nc2c(c(NCc3cncs3)n1)SCC2. The summed E-state index contributed by atoms with van der Waals surface area (Å²) in [6.07, 6.45) is 2.82. The second-order valence-electron chi connectivity index (χ2n) is 3.54. The molecule has 17 heavy (non-hydrogen) atoms. The Labute approximate surface area is 112 Å². The van der Waals surface area contributed by atoms with Crippen LogP contribution in [0.2, 0.25) is 5.28 Å². The number of aryl methyl sites for hydroxylation is 1. The fraction of sp³-hybridized carbons (Fsp3) is 0.300. The molecule has 0 bridgehead atoms. The zero-order valence-electron chi connectivity index (χ0n) is 8.81. The van der Waals surface area contributed by atoms with E-state index in [0.29, 0.717) is 5.28 Å². The highest BCUT2D eigenvalue weighted by Crippen LogP contribution is 2.36. The van der Waals surface area contributed by atoms with Crippen LogP contribution >= 0.6 is 34.7 Å². The highest BCUT2D eigenvalue weighted by Gasteiger charge is 2.19. The molecular weight excluding hydrogens is 276 g/mol. The van der Waals surface area contributed by atoms with Gasteiger partial charge in [-0.25, -0.2) is 4.98 Å². The van der Waals surface area contributed by atoms with Crippen molar-refractivity contribution in [3.8, 4) is 0 Å². The van der Waals surface area contributed by atoms with Gasteiger partial charge in [0, 0.05) is 23.2 Å². The molecule has 0 radical (unpaired) electrons. The lowest BCUT2D eigenvalue weighted by Crippen LogP contribution is -2.03. The second-order valence-corrected chi connectivity index (χ2v) is 5.95. The number of fused-ring (bicyclic) bond motifs is 1. The monoisotopic (exact) mass is 284 g/mol. The summed E-state index contributed by atoms with van der Waals surface area (Å²) in [5.74, 6) is 1.90. The molecule has 0 unspecified atom stereocenters. The standard InChI is InChI=1S/C10H9ClN4S2/c11-10-14-7-1-2-16-8(7)9(15-10)13-4-6-3-12-5-17-6/h3,5H,1-2,4H2,(H,13,14,15). The summed E-state index contributed by atoms with van der Waals surface area (Å²) < 4.78 is 0. The molecule has 0 saturated heterocycles. The Kier molecular flexibility index (Phi) is 3.17. The van der Waals surface area contributed by atoms with Gasteiger partial charge in [-0.2, -0.15) is 4.98 Å². The molecule has 2 aromatic rings. The van der Waals surface area contributed by atoms with Gasteiger partial charge in [0.1, 0.15) is 5.82 Å². The summed E-state index contributed by atoms with van der Waals surface area (Å²) in [4.78, 5) is 14.8. The van der Waals surface area contributed by atoms with Crippen LogP contribution in [0.1, 0.15) is 10.6 Å². The summed E-state index contributed by atoms with van der Waals surface area (Å²) in [5.41, 5.74) is 2.88. The van der Waals surface area contributed by atoms with Gasteiger partial charge in [-0.1, -0.05) is 0 Å². The topological polar surface area (TPSA) is 50.7 Å². The van der Waals surface area contributed by atoms with Crippen LogP contribution in [0.25, 0.3) is 0 Å². The molecule has 2 aromatic heterocycles.